The van der Waals surface area contributed by atoms with Crippen molar-refractivity contribution >= 4 is 16.7 Å². The number of hydrogen-bond acceptors (Lipinski definition) is 1. The monoisotopic (exact) mass is 299 g/mol. The molecule has 0 saturated carbocycles. The van der Waals surface area contributed by atoms with Crippen molar-refractivity contribution < 1.29 is 4.79 Å². The maximum absolute atomic E-state index is 12.6. The highest BCUT2D eigenvalue weighted by Gasteiger charge is 2.50. The summed E-state index contributed by atoms with van der Waals surface area (Å²) in [7, 11) is 0. The van der Waals surface area contributed by atoms with Gasteiger partial charge in [-0.1, -0.05) is 66.7 Å². The number of amides is 1. The molecular weight excluding hydrogens is 282 g/mol. The Morgan fingerprint density at radius 3 is 2.48 bits per heavy atom. The molecule has 0 radical (unpaired) electrons. The van der Waals surface area contributed by atoms with E-state index in [0.717, 1.165) is 6.42 Å². The lowest BCUT2D eigenvalue weighted by Gasteiger charge is -2.44. The summed E-state index contributed by atoms with van der Waals surface area (Å²) in [6.45, 7) is 0.710. The summed E-state index contributed by atoms with van der Waals surface area (Å²) in [5.74, 6) is 0.264. The second kappa shape index (κ2) is 4.45. The molecule has 0 N–H and O–H groups in total. The van der Waals surface area contributed by atoms with E-state index in [0.29, 0.717) is 13.0 Å². The molecule has 23 heavy (non-hydrogen) atoms. The zero-order valence-electron chi connectivity index (χ0n) is 12.8. The molecule has 2 heterocycles. The minimum absolute atomic E-state index is 0.264. The van der Waals surface area contributed by atoms with Crippen LogP contribution in [0, 0.1) is 0 Å². The molecule has 1 atom stereocenters. The van der Waals surface area contributed by atoms with Crippen molar-refractivity contribution in [3.8, 4) is 0 Å². The van der Waals surface area contributed by atoms with Crippen molar-refractivity contribution in [1.29, 1.82) is 0 Å². The van der Waals surface area contributed by atoms with Gasteiger partial charge in [0, 0.05) is 13.0 Å². The van der Waals surface area contributed by atoms with Crippen LogP contribution in [0.3, 0.4) is 0 Å². The van der Waals surface area contributed by atoms with Gasteiger partial charge in [-0.25, -0.2) is 0 Å². The van der Waals surface area contributed by atoms with Crippen molar-refractivity contribution in [2.45, 2.75) is 24.9 Å². The number of carbonyl (C=O) groups excluding carboxylic acids is 1. The van der Waals surface area contributed by atoms with Gasteiger partial charge in [0.25, 0.3) is 0 Å². The van der Waals surface area contributed by atoms with Crippen LogP contribution in [-0.4, -0.2) is 10.8 Å². The van der Waals surface area contributed by atoms with Crippen LogP contribution in [0.4, 0.5) is 0 Å². The lowest BCUT2D eigenvalue weighted by molar-refractivity contribution is -0.131. The Morgan fingerprint density at radius 2 is 1.65 bits per heavy atom. The minimum Gasteiger partial charge on any atom is -0.324 e. The molecule has 1 unspecified atom stereocenters. The van der Waals surface area contributed by atoms with Crippen LogP contribution in [-0.2, 0) is 16.9 Å². The standard InChI is InChI=1S/C21H17NO/c23-19-12-13-21(17-9-2-1-3-10-17)18-11-5-7-15-6-4-8-16(20(15)18)14-22(19)21/h1-11H,12-14H2. The first kappa shape index (κ1) is 12.9. The van der Waals surface area contributed by atoms with Crippen molar-refractivity contribution in [1.82, 2.24) is 4.90 Å². The summed E-state index contributed by atoms with van der Waals surface area (Å²) in [6.07, 6.45) is 1.49. The lowest BCUT2D eigenvalue weighted by Crippen LogP contribution is -2.46. The first-order valence-corrected chi connectivity index (χ1v) is 8.18. The fourth-order valence-corrected chi connectivity index (χ4v) is 4.51. The van der Waals surface area contributed by atoms with Crippen molar-refractivity contribution in [3.05, 3.63) is 83.4 Å². The fraction of sp³-hybridized carbons (Fsp3) is 0.190. The average Bonchev–Trinajstić information content (AvgIpc) is 2.95. The average molecular weight is 299 g/mol. The lowest BCUT2D eigenvalue weighted by atomic mass is 9.75. The maximum atomic E-state index is 12.6. The third-order valence-corrected chi connectivity index (χ3v) is 5.48. The van der Waals surface area contributed by atoms with E-state index in [-0.39, 0.29) is 11.4 Å². The van der Waals surface area contributed by atoms with Gasteiger partial charge in [0.1, 0.15) is 0 Å². The van der Waals surface area contributed by atoms with E-state index in [2.05, 4.69) is 65.6 Å². The molecule has 5 rings (SSSR count). The fourth-order valence-electron chi connectivity index (χ4n) is 4.51. The van der Waals surface area contributed by atoms with E-state index in [4.69, 9.17) is 0 Å². The van der Waals surface area contributed by atoms with Gasteiger partial charge in [-0.15, -0.1) is 0 Å². The molecule has 0 aliphatic carbocycles. The molecule has 3 aromatic rings. The first-order valence-electron chi connectivity index (χ1n) is 8.18. The number of carbonyl (C=O) groups is 1. The Labute approximate surface area is 135 Å². The van der Waals surface area contributed by atoms with Crippen LogP contribution >= 0.6 is 0 Å². The molecule has 1 amide bonds. The Bertz CT molecular complexity index is 926. The van der Waals surface area contributed by atoms with Gasteiger partial charge >= 0.3 is 0 Å². The summed E-state index contributed by atoms with van der Waals surface area (Å²) in [6, 6.07) is 23.5. The highest BCUT2D eigenvalue weighted by molar-refractivity contribution is 5.94. The number of rotatable bonds is 1. The molecule has 0 aromatic heterocycles. The van der Waals surface area contributed by atoms with E-state index >= 15 is 0 Å². The summed E-state index contributed by atoms with van der Waals surface area (Å²) < 4.78 is 0. The van der Waals surface area contributed by atoms with Gasteiger partial charge in [0.2, 0.25) is 5.91 Å². The van der Waals surface area contributed by atoms with E-state index in [9.17, 15) is 4.79 Å². The molecule has 2 aliphatic heterocycles. The normalized spacial score (nSPS) is 22.4. The van der Waals surface area contributed by atoms with Crippen LogP contribution in [0.25, 0.3) is 10.8 Å². The SMILES string of the molecule is O=C1CCC2(c3ccccc3)c3cccc4cccc(c34)CN12. The molecule has 0 spiro atoms. The molecule has 2 heteroatoms. The topological polar surface area (TPSA) is 20.3 Å². The molecule has 112 valence electrons. The van der Waals surface area contributed by atoms with E-state index < -0.39 is 0 Å². The van der Waals surface area contributed by atoms with E-state index in [1.807, 2.05) is 6.07 Å². The van der Waals surface area contributed by atoms with Gasteiger partial charge in [0.05, 0.1) is 5.54 Å². The molecule has 0 bridgehead atoms. The first-order chi connectivity index (χ1) is 11.3. The number of fused-ring (bicyclic) bond motifs is 2. The van der Waals surface area contributed by atoms with Crippen LogP contribution in [0.5, 0.6) is 0 Å². The second-order valence-corrected chi connectivity index (χ2v) is 6.53. The zero-order valence-corrected chi connectivity index (χ0v) is 12.8. The van der Waals surface area contributed by atoms with Gasteiger partial charge in [-0.05, 0) is 33.9 Å². The van der Waals surface area contributed by atoms with Crippen LogP contribution < -0.4 is 0 Å². The van der Waals surface area contributed by atoms with Crippen molar-refractivity contribution in [2.24, 2.45) is 0 Å². The van der Waals surface area contributed by atoms with Gasteiger partial charge in [-0.3, -0.25) is 4.79 Å². The predicted octanol–water partition coefficient (Wildman–Crippen LogP) is 4.22. The maximum Gasteiger partial charge on any atom is 0.223 e. The zero-order chi connectivity index (χ0) is 15.4. The van der Waals surface area contributed by atoms with Crippen LogP contribution in [0.15, 0.2) is 66.7 Å². The van der Waals surface area contributed by atoms with Gasteiger partial charge in [-0.2, -0.15) is 0 Å². The number of hydrogen-bond donors (Lipinski definition) is 0. The third-order valence-electron chi connectivity index (χ3n) is 5.48. The summed E-state index contributed by atoms with van der Waals surface area (Å²) in [4.78, 5) is 14.7. The highest BCUT2D eigenvalue weighted by Crippen LogP contribution is 2.51. The highest BCUT2D eigenvalue weighted by atomic mass is 16.2. The molecule has 2 aliphatic rings. The summed E-state index contributed by atoms with van der Waals surface area (Å²) >= 11 is 0. The van der Waals surface area contributed by atoms with Crippen LogP contribution in [0.2, 0.25) is 0 Å². The van der Waals surface area contributed by atoms with Gasteiger partial charge < -0.3 is 4.90 Å². The third kappa shape index (κ3) is 1.56. The Morgan fingerprint density at radius 1 is 0.870 bits per heavy atom. The molecule has 3 aromatic carbocycles. The van der Waals surface area contributed by atoms with E-state index in [1.165, 1.54) is 27.5 Å². The Balaban J connectivity index is 1.91. The number of nitrogens with zero attached hydrogens (tertiary/aromatic N) is 1. The molecule has 2 nitrogen and oxygen atoms in total. The van der Waals surface area contributed by atoms with Crippen molar-refractivity contribution in [2.75, 3.05) is 0 Å². The smallest absolute Gasteiger partial charge is 0.223 e. The number of benzene rings is 3. The van der Waals surface area contributed by atoms with E-state index in [1.54, 1.807) is 0 Å². The predicted molar refractivity (Wildman–Crippen MR) is 91.0 cm³/mol. The minimum atomic E-state index is -0.299. The molecular formula is C21H17NO. The summed E-state index contributed by atoms with van der Waals surface area (Å²) in [5.41, 5.74) is 3.48. The Hall–Kier alpha value is -2.61. The molecule has 1 saturated heterocycles. The largest absolute Gasteiger partial charge is 0.324 e. The summed E-state index contributed by atoms with van der Waals surface area (Å²) in [5, 5.41) is 2.61. The quantitative estimate of drug-likeness (QED) is 0.659. The molecule has 1 fully saturated rings. The van der Waals surface area contributed by atoms with Crippen LogP contribution in [0.1, 0.15) is 29.5 Å². The van der Waals surface area contributed by atoms with Gasteiger partial charge in [0.15, 0.2) is 0 Å². The van der Waals surface area contributed by atoms with Crippen molar-refractivity contribution in [3.63, 3.8) is 0 Å². The second-order valence-electron chi connectivity index (χ2n) is 6.53. The Kier molecular flexibility index (Phi) is 2.49.